The summed E-state index contributed by atoms with van der Waals surface area (Å²) in [6.45, 7) is 8.42. The maximum absolute atomic E-state index is 11.5. The highest BCUT2D eigenvalue weighted by Gasteiger charge is 2.75. The lowest BCUT2D eigenvalue weighted by molar-refractivity contribution is -0.149. The largest absolute Gasteiger partial charge is 0.432 e. The van der Waals surface area contributed by atoms with Crippen LogP contribution in [0.3, 0.4) is 0 Å². The summed E-state index contributed by atoms with van der Waals surface area (Å²) in [4.78, 5) is 11.5. The van der Waals surface area contributed by atoms with Gasteiger partial charge in [-0.1, -0.05) is 6.92 Å². The monoisotopic (exact) mass is 254 g/mol. The summed E-state index contributed by atoms with van der Waals surface area (Å²) < 4.78 is 17.3. The average Bonchev–Trinajstić information content (AvgIpc) is 2.88. The minimum atomic E-state index is -0.328. The predicted octanol–water partition coefficient (Wildman–Crippen LogP) is 2.40. The van der Waals surface area contributed by atoms with E-state index in [9.17, 15) is 4.79 Å². The standard InChI is InChI=1S/C14H22O4/c1-12(2,3)17-9-5-8-14-11(18-14)16-10(15)6-7-13(9,14)4/h9,11H,5-8H2,1-4H3/t9-,11-,13+,14-/m0/s1. The van der Waals surface area contributed by atoms with Crippen LogP contribution in [0.15, 0.2) is 0 Å². The number of hydrogen-bond donors (Lipinski definition) is 0. The van der Waals surface area contributed by atoms with E-state index in [4.69, 9.17) is 14.2 Å². The van der Waals surface area contributed by atoms with Gasteiger partial charge in [0.2, 0.25) is 6.29 Å². The molecule has 2 aliphatic heterocycles. The third kappa shape index (κ3) is 1.62. The maximum Gasteiger partial charge on any atom is 0.308 e. The Morgan fingerprint density at radius 2 is 2.06 bits per heavy atom. The van der Waals surface area contributed by atoms with Gasteiger partial charge >= 0.3 is 5.97 Å². The SMILES string of the molecule is CC(C)(C)O[C@H]1CC[C@]23O[C@@H]2OC(=O)CC[C@]13C. The fourth-order valence-corrected chi connectivity index (χ4v) is 3.61. The molecule has 2 heterocycles. The molecule has 0 radical (unpaired) electrons. The molecule has 0 unspecified atom stereocenters. The maximum atomic E-state index is 11.5. The molecule has 0 aromatic heterocycles. The van der Waals surface area contributed by atoms with Gasteiger partial charge in [0.25, 0.3) is 0 Å². The van der Waals surface area contributed by atoms with E-state index in [1.807, 2.05) is 0 Å². The summed E-state index contributed by atoms with van der Waals surface area (Å²) in [6, 6.07) is 0. The van der Waals surface area contributed by atoms with Crippen LogP contribution >= 0.6 is 0 Å². The van der Waals surface area contributed by atoms with Crippen molar-refractivity contribution in [1.82, 2.24) is 0 Å². The molecule has 0 aromatic rings. The zero-order valence-electron chi connectivity index (χ0n) is 11.6. The fraction of sp³-hybridized carbons (Fsp3) is 0.929. The smallest absolute Gasteiger partial charge is 0.308 e. The Morgan fingerprint density at radius 1 is 1.33 bits per heavy atom. The normalized spacial score (nSPS) is 47.0. The summed E-state index contributed by atoms with van der Waals surface area (Å²) in [5.41, 5.74) is -0.535. The third-order valence-electron chi connectivity index (χ3n) is 4.68. The molecule has 4 heteroatoms. The van der Waals surface area contributed by atoms with E-state index >= 15 is 0 Å². The molecule has 1 saturated carbocycles. The van der Waals surface area contributed by atoms with Crippen LogP contribution < -0.4 is 0 Å². The van der Waals surface area contributed by atoms with E-state index in [0.717, 1.165) is 19.3 Å². The van der Waals surface area contributed by atoms with E-state index in [1.54, 1.807) is 0 Å². The van der Waals surface area contributed by atoms with E-state index in [0.29, 0.717) is 6.42 Å². The zero-order chi connectivity index (χ0) is 13.2. The first-order valence-corrected chi connectivity index (χ1v) is 6.82. The number of esters is 1. The first kappa shape index (κ1) is 12.4. The van der Waals surface area contributed by atoms with Crippen molar-refractivity contribution in [2.24, 2.45) is 5.41 Å². The minimum Gasteiger partial charge on any atom is -0.432 e. The van der Waals surface area contributed by atoms with Crippen LogP contribution in [0.1, 0.15) is 53.4 Å². The number of rotatable bonds is 1. The van der Waals surface area contributed by atoms with Crippen molar-refractivity contribution in [3.8, 4) is 0 Å². The Bertz CT molecular complexity index is 386. The van der Waals surface area contributed by atoms with E-state index in [2.05, 4.69) is 27.7 Å². The van der Waals surface area contributed by atoms with Crippen molar-refractivity contribution in [3.63, 3.8) is 0 Å². The molecule has 2 saturated heterocycles. The van der Waals surface area contributed by atoms with Crippen molar-refractivity contribution >= 4 is 5.97 Å². The van der Waals surface area contributed by atoms with Crippen LogP contribution in [0.4, 0.5) is 0 Å². The third-order valence-corrected chi connectivity index (χ3v) is 4.68. The zero-order valence-corrected chi connectivity index (χ0v) is 11.6. The summed E-state index contributed by atoms with van der Waals surface area (Å²) >= 11 is 0. The molecule has 1 spiro atoms. The van der Waals surface area contributed by atoms with E-state index in [-0.39, 0.29) is 35.0 Å². The van der Waals surface area contributed by atoms with Gasteiger partial charge in [0.05, 0.1) is 11.7 Å². The summed E-state index contributed by atoms with van der Waals surface area (Å²) in [6.07, 6.45) is 3.01. The highest BCUT2D eigenvalue weighted by atomic mass is 16.8. The van der Waals surface area contributed by atoms with Gasteiger partial charge in [-0.15, -0.1) is 0 Å². The van der Waals surface area contributed by atoms with Gasteiger partial charge in [0.1, 0.15) is 5.60 Å². The van der Waals surface area contributed by atoms with Crippen molar-refractivity contribution < 1.29 is 19.0 Å². The molecule has 102 valence electrons. The average molecular weight is 254 g/mol. The van der Waals surface area contributed by atoms with E-state index < -0.39 is 0 Å². The Kier molecular flexibility index (Phi) is 2.40. The topological polar surface area (TPSA) is 48.1 Å². The van der Waals surface area contributed by atoms with Crippen LogP contribution in [-0.2, 0) is 19.0 Å². The Hall–Kier alpha value is -0.610. The number of epoxide rings is 1. The molecular weight excluding hydrogens is 232 g/mol. The highest BCUT2D eigenvalue weighted by Crippen LogP contribution is 2.65. The number of hydrogen-bond acceptors (Lipinski definition) is 4. The van der Waals surface area contributed by atoms with Gasteiger partial charge in [0.15, 0.2) is 0 Å². The molecule has 1 aliphatic carbocycles. The first-order chi connectivity index (χ1) is 8.27. The molecule has 0 aromatic carbocycles. The lowest BCUT2D eigenvalue weighted by Gasteiger charge is -2.37. The van der Waals surface area contributed by atoms with Gasteiger partial charge in [-0.2, -0.15) is 0 Å². The van der Waals surface area contributed by atoms with Crippen LogP contribution in [-0.4, -0.2) is 29.6 Å². The summed E-state index contributed by atoms with van der Waals surface area (Å²) in [5, 5.41) is 0. The molecule has 0 bridgehead atoms. The van der Waals surface area contributed by atoms with Gasteiger partial charge in [-0.3, -0.25) is 4.79 Å². The molecule has 4 nitrogen and oxygen atoms in total. The number of ether oxygens (including phenoxy) is 3. The quantitative estimate of drug-likeness (QED) is 0.532. The molecule has 3 aliphatic rings. The van der Waals surface area contributed by atoms with Crippen molar-refractivity contribution in [3.05, 3.63) is 0 Å². The van der Waals surface area contributed by atoms with Crippen LogP contribution in [0.5, 0.6) is 0 Å². The second-order valence-corrected chi connectivity index (χ2v) is 7.00. The second kappa shape index (κ2) is 3.48. The molecule has 18 heavy (non-hydrogen) atoms. The Labute approximate surface area is 108 Å². The predicted molar refractivity (Wildman–Crippen MR) is 64.9 cm³/mol. The first-order valence-electron chi connectivity index (χ1n) is 6.82. The molecule has 4 atom stereocenters. The Morgan fingerprint density at radius 3 is 2.72 bits per heavy atom. The molecular formula is C14H22O4. The van der Waals surface area contributed by atoms with Crippen molar-refractivity contribution in [2.75, 3.05) is 0 Å². The minimum absolute atomic E-state index is 0.100. The number of carbonyl (C=O) groups excluding carboxylic acids is 1. The molecule has 0 N–H and O–H groups in total. The van der Waals surface area contributed by atoms with Crippen molar-refractivity contribution in [1.29, 1.82) is 0 Å². The number of carbonyl (C=O) groups is 1. The van der Waals surface area contributed by atoms with Gasteiger partial charge in [-0.05, 0) is 40.0 Å². The van der Waals surface area contributed by atoms with Crippen molar-refractivity contribution in [2.45, 2.75) is 77.0 Å². The van der Waals surface area contributed by atoms with Gasteiger partial charge < -0.3 is 14.2 Å². The van der Waals surface area contributed by atoms with Crippen LogP contribution in [0, 0.1) is 5.41 Å². The summed E-state index contributed by atoms with van der Waals surface area (Å²) in [5.74, 6) is -0.137. The Balaban J connectivity index is 1.86. The van der Waals surface area contributed by atoms with Gasteiger partial charge in [-0.25, -0.2) is 0 Å². The molecule has 3 rings (SSSR count). The van der Waals surface area contributed by atoms with Gasteiger partial charge in [0, 0.05) is 11.8 Å². The second-order valence-electron chi connectivity index (χ2n) is 7.00. The van der Waals surface area contributed by atoms with Crippen LogP contribution in [0.25, 0.3) is 0 Å². The summed E-state index contributed by atoms with van der Waals surface area (Å²) in [7, 11) is 0. The van der Waals surface area contributed by atoms with Crippen LogP contribution in [0.2, 0.25) is 0 Å². The lowest BCUT2D eigenvalue weighted by Crippen LogP contribution is -2.43. The molecule has 0 amide bonds. The molecule has 3 fully saturated rings. The highest BCUT2D eigenvalue weighted by molar-refractivity contribution is 5.70. The van der Waals surface area contributed by atoms with E-state index in [1.165, 1.54) is 0 Å². The fourth-order valence-electron chi connectivity index (χ4n) is 3.61. The lowest BCUT2D eigenvalue weighted by atomic mass is 9.74.